The number of amides is 3. The van der Waals surface area contributed by atoms with Gasteiger partial charge in [-0.2, -0.15) is 13.2 Å². The van der Waals surface area contributed by atoms with Gasteiger partial charge < -0.3 is 45.9 Å². The topological polar surface area (TPSA) is 224 Å². The second-order valence-electron chi connectivity index (χ2n) is 17.5. The summed E-state index contributed by atoms with van der Waals surface area (Å²) < 4.78 is 48.2. The molecule has 0 saturated heterocycles. The van der Waals surface area contributed by atoms with E-state index in [4.69, 9.17) is 47.9 Å². The maximum Gasteiger partial charge on any atom is 0.446 e. The molecular formula is C60H65Cl2F3N6O9. The van der Waals surface area contributed by atoms with Crippen LogP contribution in [0.4, 0.5) is 29.3 Å². The summed E-state index contributed by atoms with van der Waals surface area (Å²) in [5.74, 6) is 0.332. The van der Waals surface area contributed by atoms with Gasteiger partial charge in [0, 0.05) is 80.9 Å². The van der Waals surface area contributed by atoms with Gasteiger partial charge in [0.1, 0.15) is 28.2 Å². The van der Waals surface area contributed by atoms with Crippen molar-refractivity contribution in [3.8, 4) is 33.8 Å². The minimum atomic E-state index is -4.64. The zero-order valence-corrected chi connectivity index (χ0v) is 44.6. The number of ether oxygens (including phenoxy) is 3. The van der Waals surface area contributed by atoms with E-state index in [1.54, 1.807) is 63.2 Å². The van der Waals surface area contributed by atoms with Crippen LogP contribution in [-0.2, 0) is 22.6 Å². The fourth-order valence-corrected chi connectivity index (χ4v) is 7.58. The number of aromatic nitrogens is 2. The lowest BCUT2D eigenvalue weighted by atomic mass is 10.00. The molecule has 8 rings (SSSR count). The van der Waals surface area contributed by atoms with Gasteiger partial charge in [-0.05, 0) is 94.3 Å². The number of hydrogen-bond acceptors (Lipinski definition) is 10. The van der Waals surface area contributed by atoms with Gasteiger partial charge >= 0.3 is 12.3 Å². The number of aldehydes is 1. The van der Waals surface area contributed by atoms with E-state index in [1.165, 1.54) is 12.4 Å². The number of para-hydroxylation sites is 4. The fourth-order valence-electron chi connectivity index (χ4n) is 7.58. The minimum Gasteiger partial charge on any atom is -0.493 e. The number of carbonyl (C=O) groups excluding carboxylic acids is 4. The first-order chi connectivity index (χ1) is 37.3. The predicted molar refractivity (Wildman–Crippen MR) is 314 cm³/mol. The second kappa shape index (κ2) is 31.2. The van der Waals surface area contributed by atoms with E-state index < -0.39 is 36.0 Å². The van der Waals surface area contributed by atoms with Crippen LogP contribution in [0, 0.1) is 0 Å². The van der Waals surface area contributed by atoms with Crippen LogP contribution < -0.4 is 42.0 Å². The van der Waals surface area contributed by atoms with Gasteiger partial charge in [-0.15, -0.1) is 23.2 Å². The summed E-state index contributed by atoms with van der Waals surface area (Å²) in [6.45, 7) is 10.7. The Kier molecular flexibility index (Phi) is 25.7. The van der Waals surface area contributed by atoms with Gasteiger partial charge in [0.2, 0.25) is 17.1 Å². The Morgan fingerprint density at radius 1 is 0.613 bits per heavy atom. The molecule has 0 saturated carbocycles. The van der Waals surface area contributed by atoms with Crippen LogP contribution in [0.3, 0.4) is 0 Å². The average Bonchev–Trinajstić information content (AvgIpc) is 3.41. The van der Waals surface area contributed by atoms with Crippen LogP contribution in [0.25, 0.3) is 44.1 Å². The number of halogens is 5. The van der Waals surface area contributed by atoms with E-state index in [2.05, 4.69) is 25.9 Å². The van der Waals surface area contributed by atoms with E-state index in [1.807, 2.05) is 105 Å². The molecule has 0 aliphatic rings. The van der Waals surface area contributed by atoms with Crippen molar-refractivity contribution in [2.24, 2.45) is 5.73 Å². The van der Waals surface area contributed by atoms with Crippen molar-refractivity contribution >= 4 is 80.6 Å². The van der Waals surface area contributed by atoms with Crippen molar-refractivity contribution < 1.29 is 46.6 Å². The number of alkyl carbamates (subject to hydrolysis) is 1. The zero-order valence-electron chi connectivity index (χ0n) is 43.1. The van der Waals surface area contributed by atoms with Crippen molar-refractivity contribution in [1.29, 1.82) is 0 Å². The molecule has 0 bridgehead atoms. The summed E-state index contributed by atoms with van der Waals surface area (Å²) in [6.07, 6.45) is -3.38. The lowest BCUT2D eigenvalue weighted by Crippen LogP contribution is -2.32. The van der Waals surface area contributed by atoms with Crippen molar-refractivity contribution in [1.82, 2.24) is 15.3 Å². The third-order valence-corrected chi connectivity index (χ3v) is 10.9. The number of benzene rings is 6. The molecule has 80 heavy (non-hydrogen) atoms. The number of nitrogens with two attached hydrogens (primary N) is 1. The Morgan fingerprint density at radius 3 is 1.40 bits per heavy atom. The molecule has 0 fully saturated rings. The summed E-state index contributed by atoms with van der Waals surface area (Å²) in [4.78, 5) is 79.3. The van der Waals surface area contributed by atoms with Crippen molar-refractivity contribution in [3.05, 3.63) is 189 Å². The number of aromatic amines is 2. The molecule has 0 atom stereocenters. The molecule has 20 heteroatoms. The van der Waals surface area contributed by atoms with Crippen LogP contribution in [0.5, 0.6) is 11.5 Å². The van der Waals surface area contributed by atoms with Crippen LogP contribution in [-0.4, -0.2) is 64.5 Å². The maximum atomic E-state index is 13.4. The average molecular weight is 1140 g/mol. The third kappa shape index (κ3) is 18.6. The highest BCUT2D eigenvalue weighted by atomic mass is 35.5. The molecule has 8 aromatic rings. The Balaban J connectivity index is 0.000000362. The summed E-state index contributed by atoms with van der Waals surface area (Å²) in [6, 6.07) is 40.4. The Hall–Kier alpha value is -8.45. The highest BCUT2D eigenvalue weighted by Crippen LogP contribution is 2.37. The van der Waals surface area contributed by atoms with Gasteiger partial charge in [0.15, 0.2) is 0 Å². The van der Waals surface area contributed by atoms with Crippen LogP contribution >= 0.6 is 23.2 Å². The van der Waals surface area contributed by atoms with Crippen LogP contribution in [0.15, 0.2) is 155 Å². The van der Waals surface area contributed by atoms with Crippen molar-refractivity contribution in [3.63, 3.8) is 0 Å². The van der Waals surface area contributed by atoms with Crippen molar-refractivity contribution in [2.75, 3.05) is 29.2 Å². The van der Waals surface area contributed by atoms with Gasteiger partial charge in [0.25, 0.3) is 11.8 Å². The number of hydrogen-bond donors (Lipinski definition) is 6. The van der Waals surface area contributed by atoms with Gasteiger partial charge in [-0.3, -0.25) is 24.0 Å². The van der Waals surface area contributed by atoms with Gasteiger partial charge in [0.05, 0.1) is 18.6 Å². The number of H-pyrrole nitrogens is 2. The number of carbonyl (C=O) groups is 4. The molecule has 0 radical (unpaired) electrons. The van der Waals surface area contributed by atoms with E-state index >= 15 is 0 Å². The van der Waals surface area contributed by atoms with Gasteiger partial charge in [-0.25, -0.2) is 4.79 Å². The number of nitrogens with one attached hydrogen (secondary N) is 5. The Bertz CT molecular complexity index is 3490. The van der Waals surface area contributed by atoms with E-state index in [0.717, 1.165) is 27.8 Å². The second-order valence-corrected chi connectivity index (χ2v) is 18.3. The third-order valence-electron chi connectivity index (χ3n) is 10.9. The predicted octanol–water partition coefficient (Wildman–Crippen LogP) is 13.6. The van der Waals surface area contributed by atoms with E-state index in [-0.39, 0.29) is 48.7 Å². The summed E-state index contributed by atoms with van der Waals surface area (Å²) in [5, 5.41) is 9.64. The maximum absolute atomic E-state index is 13.4. The van der Waals surface area contributed by atoms with Crippen LogP contribution in [0.2, 0.25) is 0 Å². The summed E-state index contributed by atoms with van der Waals surface area (Å²) in [5.41, 5.74) is 11.6. The molecule has 3 amide bonds. The lowest BCUT2D eigenvalue weighted by molar-refractivity contribution is -0.156. The number of rotatable bonds is 13. The normalized spacial score (nSPS) is 10.5. The first kappa shape index (κ1) is 65.8. The molecule has 15 nitrogen and oxygen atoms in total. The SMILES string of the molecule is C.C.CCOc1ccccc1-c1ccc(CN)cc1NC(=O)c1c[nH]c2ccccc2c1=O.CCOc1ccccc1-c1ccc(CNC(=O)OC(C)(C)C)cc1NC(=O)c1c[nH]c2ccccc2c1=O.ClCCl.O=CC(F)(F)F. The summed E-state index contributed by atoms with van der Waals surface area (Å²) >= 11 is 9.53. The molecule has 0 spiro atoms. The minimum absolute atomic E-state index is 0. The largest absolute Gasteiger partial charge is 0.493 e. The van der Waals surface area contributed by atoms with E-state index in [0.29, 0.717) is 70.0 Å². The number of fused-ring (bicyclic) bond motifs is 2. The number of alkyl halides is 5. The first-order valence-electron chi connectivity index (χ1n) is 24.1. The molecule has 2 heterocycles. The molecule has 2 aromatic heterocycles. The summed E-state index contributed by atoms with van der Waals surface area (Å²) in [7, 11) is 0. The standard InChI is InChI=1S/C30H31N3O5.C25H23N3O3.C2HF3O.CH2Cl2.2CH4/c1-5-37-26-13-9-7-10-21(26)20-15-14-19(17-32-29(36)38-30(2,3)4)16-25(20)33-28(35)23-18-31-24-12-8-6-11-22(24)27(23)34;1-2-31-23-10-6-4-7-18(23)17-12-11-16(14-26)13-22(17)28-25(30)20-15-27-21-9-5-3-8-19(21)24(20)29;3-2(4,5)1-6;2-1-3;;/h6-16,18H,5,17H2,1-4H3,(H,31,34)(H,32,36)(H,33,35);3-13,15H,2,14,26H2,1H3,(H,27,29)(H,28,30);1H;1H2;2*1H4. The van der Waals surface area contributed by atoms with Crippen LogP contribution in [0.1, 0.15) is 81.3 Å². The van der Waals surface area contributed by atoms with Gasteiger partial charge in [-0.1, -0.05) is 99.8 Å². The highest BCUT2D eigenvalue weighted by molar-refractivity contribution is 6.40. The highest BCUT2D eigenvalue weighted by Gasteiger charge is 2.25. The van der Waals surface area contributed by atoms with Crippen molar-refractivity contribution in [2.45, 2.75) is 74.3 Å². The van der Waals surface area contributed by atoms with E-state index in [9.17, 15) is 37.1 Å². The Morgan fingerprint density at radius 2 is 1.00 bits per heavy atom. The monoisotopic (exact) mass is 1140 g/mol. The lowest BCUT2D eigenvalue weighted by Gasteiger charge is -2.20. The Labute approximate surface area is 472 Å². The molecule has 0 aliphatic carbocycles. The molecule has 424 valence electrons. The quantitative estimate of drug-likeness (QED) is 0.0473. The zero-order chi connectivity index (χ0) is 57.0. The molecule has 7 N–H and O–H groups in total. The fraction of sp³-hybridized carbons (Fsp3) is 0.233. The first-order valence-corrected chi connectivity index (χ1v) is 25.2. The number of pyridine rings is 2. The molecule has 0 aliphatic heterocycles. The number of anilines is 2. The molecule has 0 unspecified atom stereocenters. The smallest absolute Gasteiger partial charge is 0.446 e. The molecular weight excluding hydrogens is 1080 g/mol. The molecule has 6 aromatic carbocycles.